The zero-order chi connectivity index (χ0) is 26.9. The van der Waals surface area contributed by atoms with Crippen molar-refractivity contribution in [3.8, 4) is 22.6 Å². The number of aromatic nitrogens is 7. The molecule has 2 aliphatic heterocycles. The van der Waals surface area contributed by atoms with Crippen molar-refractivity contribution >= 4 is 39.5 Å². The standard InChI is InChI=1S/C29H32N10O/c40-24(12-18-4-7-30-8-5-18)34-21-13-19(15-31-17-21)20-14-22-25(37-38-27(22)33-16-20)29-35-26-23(6-9-32-28(26)36-29)39-10-2-1-3-11-39/h6,9,13-18,30H,1-5,7-8,10-12H2,(H,34,40)(H,32,35,36)(H,33,37,38). The van der Waals surface area contributed by atoms with E-state index in [0.717, 1.165) is 72.4 Å². The lowest BCUT2D eigenvalue weighted by Gasteiger charge is -2.28. The third-order valence-electron chi connectivity index (χ3n) is 8.00. The van der Waals surface area contributed by atoms with Gasteiger partial charge in [0.05, 0.1) is 23.0 Å². The Bertz CT molecular complexity index is 1660. The van der Waals surface area contributed by atoms with E-state index in [1.54, 1.807) is 18.6 Å². The Morgan fingerprint density at radius 1 is 1.00 bits per heavy atom. The van der Waals surface area contributed by atoms with Crippen molar-refractivity contribution in [3.63, 3.8) is 0 Å². The molecule has 11 nitrogen and oxygen atoms in total. The zero-order valence-electron chi connectivity index (χ0n) is 22.3. The highest BCUT2D eigenvalue weighted by Crippen LogP contribution is 2.32. The molecule has 5 aromatic heterocycles. The van der Waals surface area contributed by atoms with Crippen LogP contribution in [0.5, 0.6) is 0 Å². The molecule has 7 rings (SSSR count). The predicted octanol–water partition coefficient (Wildman–Crippen LogP) is 4.28. The number of rotatable bonds is 6. The summed E-state index contributed by atoms with van der Waals surface area (Å²) in [5.74, 6) is 1.12. The molecule has 11 heteroatoms. The molecule has 2 aliphatic rings. The number of H-pyrrole nitrogens is 2. The van der Waals surface area contributed by atoms with E-state index in [1.165, 1.54) is 19.3 Å². The maximum Gasteiger partial charge on any atom is 0.224 e. The second kappa shape index (κ2) is 10.6. The fourth-order valence-corrected chi connectivity index (χ4v) is 5.88. The number of piperidine rings is 2. The minimum atomic E-state index is 0.0268. The third-order valence-corrected chi connectivity index (χ3v) is 8.00. The van der Waals surface area contributed by atoms with Gasteiger partial charge in [-0.1, -0.05) is 0 Å². The van der Waals surface area contributed by atoms with Gasteiger partial charge in [-0.15, -0.1) is 0 Å². The Hall–Kier alpha value is -4.38. The molecule has 4 N–H and O–H groups in total. The first-order chi connectivity index (χ1) is 19.7. The average molecular weight is 537 g/mol. The molecule has 40 heavy (non-hydrogen) atoms. The average Bonchev–Trinajstić information content (AvgIpc) is 3.62. The number of fused-ring (bicyclic) bond motifs is 2. The molecule has 2 fully saturated rings. The summed E-state index contributed by atoms with van der Waals surface area (Å²) < 4.78 is 0. The maximum absolute atomic E-state index is 12.7. The van der Waals surface area contributed by atoms with Crippen LogP contribution in [0.4, 0.5) is 11.4 Å². The Morgan fingerprint density at radius 3 is 2.73 bits per heavy atom. The molecule has 5 aromatic rings. The van der Waals surface area contributed by atoms with Gasteiger partial charge in [-0.2, -0.15) is 5.10 Å². The second-order valence-corrected chi connectivity index (χ2v) is 10.8. The number of nitrogens with zero attached hydrogens (tertiary/aromatic N) is 6. The van der Waals surface area contributed by atoms with Crippen LogP contribution in [0.25, 0.3) is 44.8 Å². The van der Waals surface area contributed by atoms with E-state index in [-0.39, 0.29) is 5.91 Å². The number of carbonyl (C=O) groups is 1. The molecule has 204 valence electrons. The first-order valence-electron chi connectivity index (χ1n) is 14.1. The summed E-state index contributed by atoms with van der Waals surface area (Å²) in [5.41, 5.74) is 6.52. The van der Waals surface area contributed by atoms with Gasteiger partial charge in [0.25, 0.3) is 0 Å². The fourth-order valence-electron chi connectivity index (χ4n) is 5.88. The van der Waals surface area contributed by atoms with Crippen LogP contribution in [0.3, 0.4) is 0 Å². The number of anilines is 2. The number of hydrogen-bond acceptors (Lipinski definition) is 8. The minimum absolute atomic E-state index is 0.0268. The number of pyridine rings is 3. The summed E-state index contributed by atoms with van der Waals surface area (Å²) in [6.45, 7) is 4.04. The van der Waals surface area contributed by atoms with Crippen molar-refractivity contribution in [2.45, 2.75) is 38.5 Å². The van der Waals surface area contributed by atoms with E-state index in [1.807, 2.05) is 18.3 Å². The first kappa shape index (κ1) is 24.6. The SMILES string of the molecule is O=C(CC1CCNCC1)Nc1cncc(-c2cnc3n[nH]c(-c4nc5nccc(N6CCCCC6)c5[nH]4)c3c2)c1. The van der Waals surface area contributed by atoms with Gasteiger partial charge < -0.3 is 20.5 Å². The Kier molecular flexibility index (Phi) is 6.56. The predicted molar refractivity (Wildman–Crippen MR) is 155 cm³/mol. The molecule has 2 saturated heterocycles. The molecule has 0 unspecified atom stereocenters. The molecule has 0 bridgehead atoms. The molecule has 0 atom stereocenters. The van der Waals surface area contributed by atoms with E-state index in [2.05, 4.69) is 51.7 Å². The van der Waals surface area contributed by atoms with Crippen LogP contribution >= 0.6 is 0 Å². The van der Waals surface area contributed by atoms with Gasteiger partial charge >= 0.3 is 0 Å². The monoisotopic (exact) mass is 536 g/mol. The maximum atomic E-state index is 12.7. The quantitative estimate of drug-likeness (QED) is 0.252. The van der Waals surface area contributed by atoms with Crippen molar-refractivity contribution in [2.75, 3.05) is 36.4 Å². The Labute approximate surface area is 231 Å². The highest BCUT2D eigenvalue weighted by Gasteiger charge is 2.20. The molecule has 0 saturated carbocycles. The lowest BCUT2D eigenvalue weighted by molar-refractivity contribution is -0.117. The van der Waals surface area contributed by atoms with Gasteiger partial charge in [0.1, 0.15) is 11.2 Å². The summed E-state index contributed by atoms with van der Waals surface area (Å²) in [7, 11) is 0. The summed E-state index contributed by atoms with van der Waals surface area (Å²) in [6, 6.07) is 6.03. The van der Waals surface area contributed by atoms with E-state index in [4.69, 9.17) is 4.98 Å². The van der Waals surface area contributed by atoms with Crippen LogP contribution in [0.1, 0.15) is 38.5 Å². The number of nitrogens with one attached hydrogen (secondary N) is 4. The Morgan fingerprint density at radius 2 is 1.85 bits per heavy atom. The van der Waals surface area contributed by atoms with Crippen LogP contribution in [0, 0.1) is 5.92 Å². The number of imidazole rings is 1. The smallest absolute Gasteiger partial charge is 0.224 e. The van der Waals surface area contributed by atoms with Gasteiger partial charge in [-0.25, -0.2) is 15.0 Å². The number of aromatic amines is 2. The van der Waals surface area contributed by atoms with Gasteiger partial charge in [0, 0.05) is 49.2 Å². The number of amides is 1. The Balaban J connectivity index is 1.17. The van der Waals surface area contributed by atoms with Crippen LogP contribution in [0.2, 0.25) is 0 Å². The highest BCUT2D eigenvalue weighted by atomic mass is 16.1. The van der Waals surface area contributed by atoms with Gasteiger partial charge in [-0.05, 0) is 69.3 Å². The van der Waals surface area contributed by atoms with E-state index < -0.39 is 0 Å². The van der Waals surface area contributed by atoms with Crippen molar-refractivity contribution in [1.29, 1.82) is 0 Å². The molecule has 1 amide bonds. The van der Waals surface area contributed by atoms with Crippen molar-refractivity contribution in [1.82, 2.24) is 40.4 Å². The van der Waals surface area contributed by atoms with Gasteiger partial charge in [-0.3, -0.25) is 14.9 Å². The summed E-state index contributed by atoms with van der Waals surface area (Å²) in [4.78, 5) is 36.9. The minimum Gasteiger partial charge on any atom is -0.370 e. The zero-order valence-corrected chi connectivity index (χ0v) is 22.3. The third kappa shape index (κ3) is 4.88. The number of carbonyl (C=O) groups excluding carboxylic acids is 1. The summed E-state index contributed by atoms with van der Waals surface area (Å²) >= 11 is 0. The van der Waals surface area contributed by atoms with E-state index in [9.17, 15) is 4.79 Å². The fraction of sp³-hybridized carbons (Fsp3) is 0.379. The van der Waals surface area contributed by atoms with E-state index >= 15 is 0 Å². The van der Waals surface area contributed by atoms with Crippen LogP contribution in [-0.4, -0.2) is 67.2 Å². The van der Waals surface area contributed by atoms with Crippen LogP contribution in [0.15, 0.2) is 43.0 Å². The van der Waals surface area contributed by atoms with Crippen LogP contribution in [-0.2, 0) is 4.79 Å². The summed E-state index contributed by atoms with van der Waals surface area (Å²) in [5, 5.41) is 14.8. The second-order valence-electron chi connectivity index (χ2n) is 10.8. The lowest BCUT2D eigenvalue weighted by Crippen LogP contribution is -2.30. The van der Waals surface area contributed by atoms with Gasteiger partial charge in [0.15, 0.2) is 17.1 Å². The number of hydrogen-bond donors (Lipinski definition) is 4. The molecular formula is C29H32N10O. The lowest BCUT2D eigenvalue weighted by atomic mass is 9.94. The van der Waals surface area contributed by atoms with Crippen LogP contribution < -0.4 is 15.5 Å². The highest BCUT2D eigenvalue weighted by molar-refractivity contribution is 5.95. The molecule has 7 heterocycles. The molecule has 0 spiro atoms. The first-order valence-corrected chi connectivity index (χ1v) is 14.1. The normalized spacial score (nSPS) is 16.6. The molecule has 0 aliphatic carbocycles. The topological polar surface area (TPSA) is 140 Å². The molecular weight excluding hydrogens is 504 g/mol. The van der Waals surface area contributed by atoms with Crippen molar-refractivity contribution < 1.29 is 4.79 Å². The largest absolute Gasteiger partial charge is 0.370 e. The van der Waals surface area contributed by atoms with Gasteiger partial charge in [0.2, 0.25) is 5.91 Å². The molecule has 0 radical (unpaired) electrons. The van der Waals surface area contributed by atoms with E-state index in [0.29, 0.717) is 35.1 Å². The van der Waals surface area contributed by atoms with Crippen molar-refractivity contribution in [2.24, 2.45) is 5.92 Å². The molecule has 0 aromatic carbocycles. The van der Waals surface area contributed by atoms with Crippen molar-refractivity contribution in [3.05, 3.63) is 43.0 Å². The summed E-state index contributed by atoms with van der Waals surface area (Å²) in [6.07, 6.45) is 13.3.